The number of piperidine rings is 1. The van der Waals surface area contributed by atoms with Crippen LogP contribution in [0.1, 0.15) is 51.6 Å². The molecule has 0 amide bonds. The standard InChI is InChI=1S/C22H24N4O3/c1-14-17(5-6-18-19(14)13-29-22(18)28)20(27)11-24-16-3-2-8-26(12-16)21-7-4-15(9-23)10-25-21/h4-7,10,16,20,24,27H,2-3,8,11-13H2,1H3. The molecule has 2 atom stereocenters. The van der Waals surface area contributed by atoms with Crippen molar-refractivity contribution in [2.45, 2.75) is 38.5 Å². The molecular weight excluding hydrogens is 368 g/mol. The molecule has 2 N–H and O–H groups in total. The van der Waals surface area contributed by atoms with Crippen molar-refractivity contribution in [3.8, 4) is 6.07 Å². The largest absolute Gasteiger partial charge is 0.457 e. The average Bonchev–Trinajstić information content (AvgIpc) is 3.14. The number of nitriles is 1. The number of fused-ring (bicyclic) bond motifs is 1. The molecule has 1 saturated heterocycles. The maximum Gasteiger partial charge on any atom is 0.338 e. The first-order valence-electron chi connectivity index (χ1n) is 9.89. The van der Waals surface area contributed by atoms with Crippen LogP contribution in [0.15, 0.2) is 30.5 Å². The zero-order valence-electron chi connectivity index (χ0n) is 16.4. The molecule has 150 valence electrons. The lowest BCUT2D eigenvalue weighted by Crippen LogP contribution is -2.47. The van der Waals surface area contributed by atoms with Crippen LogP contribution in [0.2, 0.25) is 0 Å². The second-order valence-corrected chi connectivity index (χ2v) is 7.61. The van der Waals surface area contributed by atoms with Gasteiger partial charge in [0.1, 0.15) is 18.5 Å². The Labute approximate surface area is 169 Å². The van der Waals surface area contributed by atoms with Gasteiger partial charge in [-0.15, -0.1) is 0 Å². The fourth-order valence-corrected chi connectivity index (χ4v) is 4.11. The van der Waals surface area contributed by atoms with Gasteiger partial charge in [-0.1, -0.05) is 6.07 Å². The smallest absolute Gasteiger partial charge is 0.338 e. The molecule has 0 aliphatic carbocycles. The molecule has 2 unspecified atom stereocenters. The number of aliphatic hydroxyl groups is 1. The number of pyridine rings is 1. The summed E-state index contributed by atoms with van der Waals surface area (Å²) in [5, 5.41) is 23.1. The fraction of sp³-hybridized carbons (Fsp3) is 0.409. The van der Waals surface area contributed by atoms with Gasteiger partial charge in [0.2, 0.25) is 0 Å². The van der Waals surface area contributed by atoms with Crippen molar-refractivity contribution in [1.82, 2.24) is 10.3 Å². The summed E-state index contributed by atoms with van der Waals surface area (Å²) in [4.78, 5) is 18.3. The number of anilines is 1. The van der Waals surface area contributed by atoms with Crippen LogP contribution >= 0.6 is 0 Å². The summed E-state index contributed by atoms with van der Waals surface area (Å²) in [6.45, 7) is 4.38. The molecule has 0 bridgehead atoms. The van der Waals surface area contributed by atoms with Crippen molar-refractivity contribution in [3.63, 3.8) is 0 Å². The van der Waals surface area contributed by atoms with Gasteiger partial charge in [0.05, 0.1) is 17.2 Å². The third-order valence-electron chi connectivity index (χ3n) is 5.79. The molecule has 2 aliphatic rings. The van der Waals surface area contributed by atoms with Gasteiger partial charge >= 0.3 is 5.97 Å². The minimum Gasteiger partial charge on any atom is -0.457 e. The number of rotatable bonds is 5. The van der Waals surface area contributed by atoms with E-state index in [4.69, 9.17) is 10.00 Å². The quantitative estimate of drug-likeness (QED) is 0.753. The number of hydrogen-bond acceptors (Lipinski definition) is 7. The third-order valence-corrected chi connectivity index (χ3v) is 5.79. The van der Waals surface area contributed by atoms with Crippen LogP contribution < -0.4 is 10.2 Å². The van der Waals surface area contributed by atoms with Crippen LogP contribution in [0.5, 0.6) is 0 Å². The molecule has 1 aromatic heterocycles. The van der Waals surface area contributed by atoms with E-state index in [1.54, 1.807) is 18.3 Å². The number of ether oxygens (including phenoxy) is 1. The number of aliphatic hydroxyl groups excluding tert-OH is 1. The number of cyclic esters (lactones) is 1. The number of carbonyl (C=O) groups excluding carboxylic acids is 1. The van der Waals surface area contributed by atoms with Gasteiger partial charge in [0.15, 0.2) is 0 Å². The highest BCUT2D eigenvalue weighted by Crippen LogP contribution is 2.29. The Bertz CT molecular complexity index is 952. The Morgan fingerprint density at radius 1 is 1.41 bits per heavy atom. The minimum atomic E-state index is -0.653. The summed E-state index contributed by atoms with van der Waals surface area (Å²) in [5.41, 5.74) is 3.79. The number of carbonyl (C=O) groups is 1. The number of esters is 1. The van der Waals surface area contributed by atoms with Gasteiger partial charge in [-0.3, -0.25) is 0 Å². The van der Waals surface area contributed by atoms with Gasteiger partial charge in [0, 0.05) is 37.4 Å². The fourth-order valence-electron chi connectivity index (χ4n) is 4.11. The van der Waals surface area contributed by atoms with Crippen LogP contribution in [0.25, 0.3) is 0 Å². The van der Waals surface area contributed by atoms with Gasteiger partial charge in [-0.25, -0.2) is 9.78 Å². The summed E-state index contributed by atoms with van der Waals surface area (Å²) in [5.74, 6) is 0.580. The van der Waals surface area contributed by atoms with Crippen LogP contribution in [0.4, 0.5) is 5.82 Å². The molecule has 3 heterocycles. The minimum absolute atomic E-state index is 0.246. The number of hydrogen-bond donors (Lipinski definition) is 2. The molecule has 7 heteroatoms. The first-order valence-corrected chi connectivity index (χ1v) is 9.89. The molecule has 0 spiro atoms. The predicted molar refractivity (Wildman–Crippen MR) is 107 cm³/mol. The molecule has 4 rings (SSSR count). The summed E-state index contributed by atoms with van der Waals surface area (Å²) in [6, 6.07) is 9.57. The molecule has 2 aromatic rings. The Morgan fingerprint density at radius 3 is 3.03 bits per heavy atom. The van der Waals surface area contributed by atoms with Gasteiger partial charge in [-0.2, -0.15) is 5.26 Å². The molecule has 1 fully saturated rings. The van der Waals surface area contributed by atoms with Gasteiger partial charge in [0.25, 0.3) is 0 Å². The van der Waals surface area contributed by atoms with E-state index in [1.807, 2.05) is 19.1 Å². The van der Waals surface area contributed by atoms with Crippen molar-refractivity contribution >= 4 is 11.8 Å². The van der Waals surface area contributed by atoms with Crippen LogP contribution in [0, 0.1) is 18.3 Å². The maximum absolute atomic E-state index is 11.7. The lowest BCUT2D eigenvalue weighted by molar-refractivity contribution is 0.0535. The van der Waals surface area contributed by atoms with Crippen LogP contribution in [0.3, 0.4) is 0 Å². The number of nitrogens with one attached hydrogen (secondary N) is 1. The van der Waals surface area contributed by atoms with Crippen LogP contribution in [-0.4, -0.2) is 41.7 Å². The molecule has 0 radical (unpaired) electrons. The van der Waals surface area contributed by atoms with Gasteiger partial charge < -0.3 is 20.1 Å². The highest BCUT2D eigenvalue weighted by molar-refractivity contribution is 5.93. The third kappa shape index (κ3) is 3.95. The highest BCUT2D eigenvalue weighted by atomic mass is 16.5. The highest BCUT2D eigenvalue weighted by Gasteiger charge is 2.26. The summed E-state index contributed by atoms with van der Waals surface area (Å²) in [6.07, 6.45) is 3.01. The summed E-state index contributed by atoms with van der Waals surface area (Å²) < 4.78 is 5.10. The van der Waals surface area contributed by atoms with E-state index >= 15 is 0 Å². The number of aromatic nitrogens is 1. The van der Waals surface area contributed by atoms with E-state index in [0.717, 1.165) is 48.4 Å². The van der Waals surface area contributed by atoms with Crippen molar-refractivity contribution in [3.05, 3.63) is 58.3 Å². The Morgan fingerprint density at radius 2 is 2.28 bits per heavy atom. The van der Waals surface area contributed by atoms with Gasteiger partial charge in [-0.05, 0) is 49.1 Å². The predicted octanol–water partition coefficient (Wildman–Crippen LogP) is 2.22. The van der Waals surface area contributed by atoms with Crippen molar-refractivity contribution < 1.29 is 14.6 Å². The lowest BCUT2D eigenvalue weighted by atomic mass is 9.95. The number of nitrogens with zero attached hydrogens (tertiary/aromatic N) is 3. The molecule has 0 saturated carbocycles. The Balaban J connectivity index is 1.37. The van der Waals surface area contributed by atoms with E-state index in [0.29, 0.717) is 17.7 Å². The SMILES string of the molecule is Cc1c(C(O)CNC2CCCN(c3ccc(C#N)cn3)C2)ccc2c1COC2=O. The molecule has 2 aliphatic heterocycles. The topological polar surface area (TPSA) is 98.5 Å². The lowest BCUT2D eigenvalue weighted by Gasteiger charge is -2.34. The first kappa shape index (κ1) is 19.4. The monoisotopic (exact) mass is 392 g/mol. The molecule has 1 aromatic carbocycles. The molecule has 29 heavy (non-hydrogen) atoms. The average molecular weight is 392 g/mol. The maximum atomic E-state index is 11.7. The number of benzene rings is 1. The van der Waals surface area contributed by atoms with E-state index < -0.39 is 6.10 Å². The normalized spacial score (nSPS) is 19.4. The van der Waals surface area contributed by atoms with Crippen molar-refractivity contribution in [2.75, 3.05) is 24.5 Å². The first-order chi connectivity index (χ1) is 14.1. The molecular formula is C22H24N4O3. The Hall–Kier alpha value is -2.95. The zero-order valence-corrected chi connectivity index (χ0v) is 16.4. The van der Waals surface area contributed by atoms with Crippen LogP contribution in [-0.2, 0) is 11.3 Å². The second-order valence-electron chi connectivity index (χ2n) is 7.61. The zero-order chi connectivity index (χ0) is 20.4. The van der Waals surface area contributed by atoms with Crippen molar-refractivity contribution in [1.29, 1.82) is 5.26 Å². The molecule has 7 nitrogen and oxygen atoms in total. The second kappa shape index (κ2) is 8.19. The van der Waals surface area contributed by atoms with E-state index in [1.165, 1.54) is 0 Å². The van der Waals surface area contributed by atoms with E-state index in [9.17, 15) is 9.90 Å². The Kier molecular flexibility index (Phi) is 5.47. The van der Waals surface area contributed by atoms with E-state index in [2.05, 4.69) is 21.3 Å². The summed E-state index contributed by atoms with van der Waals surface area (Å²) in [7, 11) is 0. The summed E-state index contributed by atoms with van der Waals surface area (Å²) >= 11 is 0. The van der Waals surface area contributed by atoms with Crippen molar-refractivity contribution in [2.24, 2.45) is 0 Å². The van der Waals surface area contributed by atoms with E-state index in [-0.39, 0.29) is 18.6 Å².